The maximum atomic E-state index is 12.9. The van der Waals surface area contributed by atoms with Crippen LogP contribution in [-0.4, -0.2) is 28.8 Å². The number of rotatable bonds is 1. The number of anilines is 1. The first-order valence-corrected chi connectivity index (χ1v) is 7.96. The Labute approximate surface area is 154 Å². The molecule has 1 heterocycles. The number of aryl methyl sites for hydroxylation is 1. The molecule has 9 heteroatoms. The summed E-state index contributed by atoms with van der Waals surface area (Å²) in [4.78, 5) is 37.1. The Morgan fingerprint density at radius 2 is 1.82 bits per heavy atom. The van der Waals surface area contributed by atoms with Crippen LogP contribution < -0.4 is 5.32 Å². The summed E-state index contributed by atoms with van der Waals surface area (Å²) in [6.07, 6.45) is -5.14. The standard InChI is InChI=1S/C19H10F3NO5/c1-7-5-9(23-18(27)19(20,21)22)13-11(6-7)28-17-14(13)15(25)8-3-2-4-10(24)12(8)16(17)26/h2-6,24H,1H3,(H,23,27). The number of phenols is 1. The molecule has 28 heavy (non-hydrogen) atoms. The van der Waals surface area contributed by atoms with Gasteiger partial charge in [-0.05, 0) is 30.7 Å². The number of nitrogens with one attached hydrogen (secondary N) is 1. The summed E-state index contributed by atoms with van der Waals surface area (Å²) < 4.78 is 43.5. The largest absolute Gasteiger partial charge is 0.507 e. The highest BCUT2D eigenvalue weighted by Crippen LogP contribution is 2.41. The molecule has 3 aromatic rings. The number of furan rings is 1. The number of alkyl halides is 3. The van der Waals surface area contributed by atoms with Gasteiger partial charge in [0.2, 0.25) is 5.78 Å². The van der Waals surface area contributed by atoms with Crippen molar-refractivity contribution in [2.75, 3.05) is 5.32 Å². The predicted octanol–water partition coefficient (Wildman–Crippen LogP) is 3.72. The molecular weight excluding hydrogens is 379 g/mol. The molecule has 1 amide bonds. The molecule has 6 nitrogen and oxygen atoms in total. The van der Waals surface area contributed by atoms with Crippen LogP contribution in [0.25, 0.3) is 11.0 Å². The molecule has 2 aromatic carbocycles. The second-order valence-corrected chi connectivity index (χ2v) is 6.30. The van der Waals surface area contributed by atoms with E-state index in [4.69, 9.17) is 4.42 Å². The molecule has 0 fully saturated rings. The first-order chi connectivity index (χ1) is 13.1. The maximum Gasteiger partial charge on any atom is 0.471 e. The van der Waals surface area contributed by atoms with E-state index in [0.29, 0.717) is 5.56 Å². The van der Waals surface area contributed by atoms with Crippen LogP contribution in [0.4, 0.5) is 18.9 Å². The Balaban J connectivity index is 1.99. The number of fused-ring (bicyclic) bond motifs is 4. The molecule has 0 unspecified atom stereocenters. The van der Waals surface area contributed by atoms with E-state index in [0.717, 1.165) is 0 Å². The lowest BCUT2D eigenvalue weighted by Gasteiger charge is -2.15. The maximum absolute atomic E-state index is 12.9. The number of hydrogen-bond acceptors (Lipinski definition) is 5. The van der Waals surface area contributed by atoms with Crippen molar-refractivity contribution in [3.63, 3.8) is 0 Å². The number of carbonyl (C=O) groups excluding carboxylic acids is 3. The quantitative estimate of drug-likeness (QED) is 0.517. The second-order valence-electron chi connectivity index (χ2n) is 6.30. The number of benzene rings is 2. The van der Waals surface area contributed by atoms with Gasteiger partial charge in [-0.3, -0.25) is 14.4 Å². The molecule has 0 atom stereocenters. The van der Waals surface area contributed by atoms with E-state index >= 15 is 0 Å². The highest BCUT2D eigenvalue weighted by atomic mass is 19.4. The fourth-order valence-electron chi connectivity index (χ4n) is 3.25. The fraction of sp³-hybridized carbons (Fsp3) is 0.105. The summed E-state index contributed by atoms with van der Waals surface area (Å²) in [5.74, 6) is -4.51. The lowest BCUT2D eigenvalue weighted by molar-refractivity contribution is -0.167. The highest BCUT2D eigenvalue weighted by Gasteiger charge is 2.41. The third-order valence-corrected chi connectivity index (χ3v) is 4.39. The summed E-state index contributed by atoms with van der Waals surface area (Å²) in [5.41, 5.74) is -0.485. The number of amides is 1. The third-order valence-electron chi connectivity index (χ3n) is 4.39. The van der Waals surface area contributed by atoms with Crippen LogP contribution in [0.3, 0.4) is 0 Å². The van der Waals surface area contributed by atoms with Gasteiger partial charge in [0.1, 0.15) is 11.3 Å². The van der Waals surface area contributed by atoms with Crippen LogP contribution in [0.15, 0.2) is 34.7 Å². The number of halogens is 3. The molecule has 0 radical (unpaired) electrons. The van der Waals surface area contributed by atoms with Crippen molar-refractivity contribution in [2.45, 2.75) is 13.1 Å². The number of hydrogen-bond donors (Lipinski definition) is 2. The minimum Gasteiger partial charge on any atom is -0.507 e. The summed E-state index contributed by atoms with van der Waals surface area (Å²) in [6.45, 7) is 1.55. The predicted molar refractivity (Wildman–Crippen MR) is 90.6 cm³/mol. The average molecular weight is 389 g/mol. The lowest BCUT2D eigenvalue weighted by Crippen LogP contribution is -2.30. The van der Waals surface area contributed by atoms with Gasteiger partial charge in [0.15, 0.2) is 11.5 Å². The zero-order chi connectivity index (χ0) is 20.4. The Bertz CT molecular complexity index is 1210. The van der Waals surface area contributed by atoms with Crippen molar-refractivity contribution in [1.29, 1.82) is 0 Å². The number of ketones is 2. The van der Waals surface area contributed by atoms with Crippen LogP contribution in [0.5, 0.6) is 5.75 Å². The highest BCUT2D eigenvalue weighted by molar-refractivity contribution is 6.33. The molecule has 4 rings (SSSR count). The molecule has 142 valence electrons. The third kappa shape index (κ3) is 2.47. The van der Waals surface area contributed by atoms with E-state index in [2.05, 4.69) is 0 Å². The first kappa shape index (κ1) is 17.8. The molecular formula is C19H10F3NO5. The average Bonchev–Trinajstić information content (AvgIpc) is 2.98. The monoisotopic (exact) mass is 389 g/mol. The van der Waals surface area contributed by atoms with E-state index < -0.39 is 35.2 Å². The summed E-state index contributed by atoms with van der Waals surface area (Å²) >= 11 is 0. The molecule has 2 N–H and O–H groups in total. The Morgan fingerprint density at radius 3 is 2.50 bits per heavy atom. The van der Waals surface area contributed by atoms with Crippen molar-refractivity contribution in [3.05, 3.63) is 58.3 Å². The lowest BCUT2D eigenvalue weighted by atomic mass is 9.86. The summed E-state index contributed by atoms with van der Waals surface area (Å²) in [5, 5.41) is 11.6. The molecule has 0 bridgehead atoms. The Hall–Kier alpha value is -3.62. The molecule has 1 aromatic heterocycles. The van der Waals surface area contributed by atoms with Gasteiger partial charge < -0.3 is 14.8 Å². The number of carbonyl (C=O) groups is 3. The van der Waals surface area contributed by atoms with Crippen molar-refractivity contribution in [3.8, 4) is 5.75 Å². The van der Waals surface area contributed by atoms with Crippen LogP contribution in [0.2, 0.25) is 0 Å². The number of phenolic OH excluding ortho intramolecular Hbond substituents is 1. The zero-order valence-corrected chi connectivity index (χ0v) is 14.1. The Morgan fingerprint density at radius 1 is 1.11 bits per heavy atom. The van der Waals surface area contributed by atoms with Gasteiger partial charge in [-0.15, -0.1) is 0 Å². The van der Waals surface area contributed by atoms with E-state index in [1.807, 2.05) is 0 Å². The van der Waals surface area contributed by atoms with Crippen LogP contribution in [-0.2, 0) is 4.79 Å². The fourth-order valence-corrected chi connectivity index (χ4v) is 3.25. The van der Waals surface area contributed by atoms with Crippen LogP contribution >= 0.6 is 0 Å². The molecule has 0 saturated heterocycles. The topological polar surface area (TPSA) is 96.6 Å². The second kappa shape index (κ2) is 5.69. The van der Waals surface area contributed by atoms with Crippen LogP contribution in [0, 0.1) is 6.92 Å². The molecule has 0 saturated carbocycles. The van der Waals surface area contributed by atoms with Crippen molar-refractivity contribution >= 4 is 34.1 Å². The van der Waals surface area contributed by atoms with Gasteiger partial charge in [0.05, 0.1) is 22.2 Å². The van der Waals surface area contributed by atoms with Crippen LogP contribution in [0.1, 0.15) is 37.6 Å². The van der Waals surface area contributed by atoms with E-state index in [1.54, 1.807) is 12.2 Å². The van der Waals surface area contributed by atoms with Gasteiger partial charge in [-0.2, -0.15) is 13.2 Å². The van der Waals surface area contributed by atoms with Crippen molar-refractivity contribution in [2.24, 2.45) is 0 Å². The molecule has 1 aliphatic rings. The van der Waals surface area contributed by atoms with Gasteiger partial charge in [0, 0.05) is 5.56 Å². The zero-order valence-electron chi connectivity index (χ0n) is 14.1. The number of aromatic hydroxyl groups is 1. The normalized spacial score (nSPS) is 13.4. The molecule has 1 aliphatic carbocycles. The van der Waals surface area contributed by atoms with E-state index in [9.17, 15) is 32.7 Å². The van der Waals surface area contributed by atoms with Crippen molar-refractivity contribution in [1.82, 2.24) is 0 Å². The van der Waals surface area contributed by atoms with E-state index in [-0.39, 0.29) is 33.3 Å². The SMILES string of the molecule is Cc1cc(NC(=O)C(F)(F)F)c2c3c(oc2c1)C(=O)c1c(O)cccc1C3=O. The Kier molecular flexibility index (Phi) is 3.61. The minimum absolute atomic E-state index is 0.0310. The smallest absolute Gasteiger partial charge is 0.471 e. The minimum atomic E-state index is -5.14. The summed E-state index contributed by atoms with van der Waals surface area (Å²) in [7, 11) is 0. The molecule has 0 spiro atoms. The molecule has 0 aliphatic heterocycles. The van der Waals surface area contributed by atoms with Crippen molar-refractivity contribution < 1.29 is 37.1 Å². The van der Waals surface area contributed by atoms with Gasteiger partial charge in [-0.1, -0.05) is 12.1 Å². The summed E-state index contributed by atoms with van der Waals surface area (Å²) in [6, 6.07) is 6.60. The van der Waals surface area contributed by atoms with Gasteiger partial charge in [0.25, 0.3) is 0 Å². The van der Waals surface area contributed by atoms with Gasteiger partial charge in [-0.25, -0.2) is 0 Å². The van der Waals surface area contributed by atoms with Gasteiger partial charge >= 0.3 is 12.1 Å². The van der Waals surface area contributed by atoms with E-state index in [1.165, 1.54) is 30.3 Å². The first-order valence-electron chi connectivity index (χ1n) is 7.96.